The summed E-state index contributed by atoms with van der Waals surface area (Å²) in [5.74, 6) is -3.81. The first-order valence-corrected chi connectivity index (χ1v) is 7.92. The molecule has 13 heteroatoms. The van der Waals surface area contributed by atoms with Gasteiger partial charge in [-0.3, -0.25) is 24.6 Å². The van der Waals surface area contributed by atoms with Gasteiger partial charge in [0, 0.05) is 11.3 Å². The predicted molar refractivity (Wildman–Crippen MR) is 88.5 cm³/mol. The molecule has 0 amide bonds. The Bertz CT molecular complexity index is 702. The van der Waals surface area contributed by atoms with Crippen molar-refractivity contribution in [2.45, 2.75) is 0 Å². The van der Waals surface area contributed by atoms with Crippen LogP contribution in [0.15, 0.2) is 45.3 Å². The molecule has 0 aliphatic rings. The van der Waals surface area contributed by atoms with Gasteiger partial charge >= 0.3 is 55.6 Å². The summed E-state index contributed by atoms with van der Waals surface area (Å²) in [6.07, 6.45) is 0. The van der Waals surface area contributed by atoms with E-state index in [1.165, 1.54) is 0 Å². The summed E-state index contributed by atoms with van der Waals surface area (Å²) in [5.41, 5.74) is 0.454. The van der Waals surface area contributed by atoms with Gasteiger partial charge in [-0.05, 0) is 17.7 Å². The molecule has 1 aromatic carbocycles. The Morgan fingerprint density at radius 3 is 1.86 bits per heavy atom. The largest absolute Gasteiger partial charge is 4.00 e. The van der Waals surface area contributed by atoms with Crippen molar-refractivity contribution in [1.29, 1.82) is 0 Å². The molecule has 0 saturated carbocycles. The minimum atomic E-state index is -1.28. The van der Waals surface area contributed by atoms with Gasteiger partial charge in [0.25, 0.3) is 0 Å². The Balaban J connectivity index is -0.00000208. The first-order valence-electron chi connectivity index (χ1n) is 6.93. The van der Waals surface area contributed by atoms with Crippen molar-refractivity contribution in [2.75, 3.05) is 25.4 Å². The van der Waals surface area contributed by atoms with E-state index in [4.69, 9.17) is 5.11 Å². The third-order valence-electron chi connectivity index (χ3n) is 2.51. The smallest absolute Gasteiger partial charge is 2.00 e. The van der Waals surface area contributed by atoms with Crippen LogP contribution in [0.3, 0.4) is 0 Å². The summed E-state index contributed by atoms with van der Waals surface area (Å²) in [4.78, 5) is 31.9. The zero-order valence-corrected chi connectivity index (χ0v) is 19.4. The molecule has 0 saturated heterocycles. The van der Waals surface area contributed by atoms with Crippen molar-refractivity contribution in [2.24, 2.45) is 15.0 Å². The molecule has 0 aliphatic heterocycles. The fraction of sp³-hybridized carbons (Fsp3) is 0.267. The summed E-state index contributed by atoms with van der Waals surface area (Å²) in [6.45, 7) is -1.85. The molecule has 1 rings (SSSR count). The second-order valence-electron chi connectivity index (χ2n) is 4.47. The Labute approximate surface area is 200 Å². The van der Waals surface area contributed by atoms with Crippen LogP contribution in [-0.4, -0.2) is 59.3 Å². The number of aliphatic imine (C=N–C) groups is 3. The molecular formula is C15H14N3NaO7STc. The van der Waals surface area contributed by atoms with Gasteiger partial charge in [0.1, 0.15) is 6.54 Å². The molecule has 0 bridgehead atoms. The molecule has 145 valence electrons. The maximum absolute atomic E-state index is 11.8. The maximum Gasteiger partial charge on any atom is 4.00 e. The van der Waals surface area contributed by atoms with Crippen molar-refractivity contribution in [3.8, 4) is 0 Å². The number of aliphatic carboxylic acids is 1. The fourth-order valence-electron chi connectivity index (χ4n) is 1.40. The average molecular weight is 501 g/mol. The zero-order valence-electron chi connectivity index (χ0n) is 14.7. The van der Waals surface area contributed by atoms with E-state index >= 15 is 0 Å². The van der Waals surface area contributed by atoms with Crippen LogP contribution in [0, 0.1) is 0 Å². The van der Waals surface area contributed by atoms with Gasteiger partial charge in [-0.1, -0.05) is 42.1 Å². The number of carbonyl (C=O) groups is 2. The molecule has 0 heterocycles. The Hall–Kier alpha value is -1.27. The number of rotatable bonds is 9. The van der Waals surface area contributed by atoms with E-state index in [-0.39, 0.29) is 66.0 Å². The van der Waals surface area contributed by atoms with E-state index < -0.39 is 43.3 Å². The number of carboxylic acid groups (broad SMARTS) is 1. The first kappa shape index (κ1) is 31.4. The molecule has 1 N–H and O–H groups in total. The second kappa shape index (κ2) is 17.8. The number of carbonyl (C=O) groups excluding carboxylic acids is 1. The molecule has 1 radical (unpaired) electrons. The number of hydrogen-bond acceptors (Lipinski definition) is 9. The summed E-state index contributed by atoms with van der Waals surface area (Å²) < 4.78 is 0. The van der Waals surface area contributed by atoms with E-state index in [1.54, 1.807) is 30.3 Å². The summed E-state index contributed by atoms with van der Waals surface area (Å²) in [5, 5.41) is 42.0. The zero-order chi connectivity index (χ0) is 18.7. The van der Waals surface area contributed by atoms with E-state index in [1.807, 2.05) is 0 Å². The van der Waals surface area contributed by atoms with Crippen LogP contribution < -0.4 is 44.9 Å². The Morgan fingerprint density at radius 2 is 1.36 bits per heavy atom. The molecule has 0 spiro atoms. The van der Waals surface area contributed by atoms with Crippen LogP contribution >= 0.6 is 11.8 Å². The molecule has 0 unspecified atom stereocenters. The van der Waals surface area contributed by atoms with Crippen molar-refractivity contribution in [3.05, 3.63) is 35.9 Å². The van der Waals surface area contributed by atoms with E-state index in [2.05, 4.69) is 15.0 Å². The minimum Gasteiger partial charge on any atom is -2.00 e. The van der Waals surface area contributed by atoms with Gasteiger partial charge in [-0.25, -0.2) is 0 Å². The molecule has 0 atom stereocenters. The fourth-order valence-corrected chi connectivity index (χ4v) is 2.05. The summed E-state index contributed by atoms with van der Waals surface area (Å²) >= 11 is 0.768. The summed E-state index contributed by atoms with van der Waals surface area (Å²) in [7, 11) is 0. The van der Waals surface area contributed by atoms with Crippen molar-refractivity contribution < 1.29 is 85.2 Å². The van der Waals surface area contributed by atoms with E-state index in [0.717, 1.165) is 11.8 Å². The molecule has 0 fully saturated rings. The normalized spacial score (nSPS) is 11.5. The second-order valence-corrected chi connectivity index (χ2v) is 5.41. The summed E-state index contributed by atoms with van der Waals surface area (Å²) in [6, 6.07) is 8.39. The molecular weight excluding hydrogens is 487 g/mol. The van der Waals surface area contributed by atoms with Crippen LogP contribution in [0.2, 0.25) is 0 Å². The van der Waals surface area contributed by atoms with Gasteiger partial charge < -0.3 is 25.9 Å². The Morgan fingerprint density at radius 1 is 0.893 bits per heavy atom. The number of benzene rings is 1. The van der Waals surface area contributed by atoms with Crippen molar-refractivity contribution >= 4 is 40.5 Å². The van der Waals surface area contributed by atoms with E-state index in [9.17, 15) is 24.9 Å². The minimum absolute atomic E-state index is 0. The Kier molecular flexibility index (Phi) is 20.0. The SMILES string of the molecule is O=C(O)CN=C([O-])CN=C([O-])CN=C([O-])CSC(=O)c1ccccc1.[Na+].[O-2].[Tc+4]. The quantitative estimate of drug-likeness (QED) is 0.199. The molecule has 1 aromatic rings. The number of nitrogens with zero attached hydrogens (tertiary/aromatic N) is 3. The van der Waals surface area contributed by atoms with Crippen LogP contribution in [0.1, 0.15) is 10.4 Å². The topological polar surface area (TPSA) is 189 Å². The van der Waals surface area contributed by atoms with Crippen LogP contribution in [0.25, 0.3) is 0 Å². The maximum atomic E-state index is 11.8. The monoisotopic (exact) mass is 500 g/mol. The van der Waals surface area contributed by atoms with Gasteiger partial charge in [-0.15, -0.1) is 0 Å². The van der Waals surface area contributed by atoms with E-state index in [0.29, 0.717) is 5.56 Å². The molecule has 28 heavy (non-hydrogen) atoms. The number of carboxylic acids is 1. The predicted octanol–water partition coefficient (Wildman–Crippen LogP) is -5.20. The third-order valence-corrected chi connectivity index (χ3v) is 3.40. The molecule has 10 nitrogen and oxygen atoms in total. The van der Waals surface area contributed by atoms with Gasteiger partial charge in [0.15, 0.2) is 0 Å². The van der Waals surface area contributed by atoms with Gasteiger partial charge in [-0.2, -0.15) is 0 Å². The first-order chi connectivity index (χ1) is 11.9. The standard InChI is InChI=1S/C15H17N3O6S.Na.O.Tc/c19-11(16-6-12(20)18-8-14(22)23)7-17-13(21)9-25-15(24)10-4-2-1-3-5-10;;;/h1-5H,6-9H2,(H,16,19)(H,17,21)(H,18,20)(H,22,23);;;/q;+1;-2;+4/p-3. The third kappa shape index (κ3) is 14.7. The van der Waals surface area contributed by atoms with Crippen molar-refractivity contribution in [1.82, 2.24) is 0 Å². The van der Waals surface area contributed by atoms with Crippen LogP contribution in [0.5, 0.6) is 0 Å². The number of hydrogen-bond donors (Lipinski definition) is 1. The molecule has 0 aliphatic carbocycles. The van der Waals surface area contributed by atoms with Gasteiger partial charge in [0.2, 0.25) is 5.12 Å². The van der Waals surface area contributed by atoms with Crippen LogP contribution in [-0.2, 0) is 30.4 Å². The number of thioether (sulfide) groups is 1. The molecule has 0 aromatic heterocycles. The van der Waals surface area contributed by atoms with Gasteiger partial charge in [0.05, 0.1) is 13.1 Å². The average Bonchev–Trinajstić information content (AvgIpc) is 2.61. The van der Waals surface area contributed by atoms with Crippen LogP contribution in [0.4, 0.5) is 0 Å². The van der Waals surface area contributed by atoms with Crippen molar-refractivity contribution in [3.63, 3.8) is 0 Å².